The van der Waals surface area contributed by atoms with Crippen molar-refractivity contribution in [3.8, 4) is 0 Å². The van der Waals surface area contributed by atoms with E-state index in [1.807, 2.05) is 0 Å². The normalized spacial score (nSPS) is 10.6. The Labute approximate surface area is 138 Å². The van der Waals surface area contributed by atoms with E-state index in [0.29, 0.717) is 24.1 Å². The summed E-state index contributed by atoms with van der Waals surface area (Å²) in [5.74, 6) is -1.25. The van der Waals surface area contributed by atoms with Gasteiger partial charge in [-0.1, -0.05) is 30.3 Å². The number of benzene rings is 2. The highest BCUT2D eigenvalue weighted by Crippen LogP contribution is 2.11. The molecule has 6 heteroatoms. The molecule has 0 atom stereocenters. The molecule has 5 nitrogen and oxygen atoms in total. The molecule has 3 N–H and O–H groups in total. The van der Waals surface area contributed by atoms with Crippen molar-refractivity contribution in [2.45, 2.75) is 6.42 Å². The van der Waals surface area contributed by atoms with Gasteiger partial charge in [0.2, 0.25) is 0 Å². The van der Waals surface area contributed by atoms with Crippen molar-refractivity contribution in [2.75, 3.05) is 6.54 Å². The molecule has 0 bridgehead atoms. The molecule has 0 saturated heterocycles. The van der Waals surface area contributed by atoms with Crippen LogP contribution in [0.15, 0.2) is 54.6 Å². The van der Waals surface area contributed by atoms with Crippen molar-refractivity contribution < 1.29 is 19.2 Å². The molecule has 0 aliphatic carbocycles. The highest BCUT2D eigenvalue weighted by Gasteiger charge is 2.09. The Kier molecular flexibility index (Phi) is 6.22. The third-order valence-corrected chi connectivity index (χ3v) is 3.34. The molecule has 0 aliphatic heterocycles. The lowest BCUT2D eigenvalue weighted by atomic mass is 10.1. The summed E-state index contributed by atoms with van der Waals surface area (Å²) in [4.78, 5) is 23.3. The summed E-state index contributed by atoms with van der Waals surface area (Å²) in [6.07, 6.45) is 3.15. The van der Waals surface area contributed by atoms with E-state index >= 15 is 0 Å². The van der Waals surface area contributed by atoms with E-state index in [4.69, 9.17) is 5.21 Å². The molecule has 124 valence electrons. The zero-order valence-corrected chi connectivity index (χ0v) is 12.8. The summed E-state index contributed by atoms with van der Waals surface area (Å²) >= 11 is 0. The van der Waals surface area contributed by atoms with Crippen molar-refractivity contribution >= 4 is 17.9 Å². The first-order valence-corrected chi connectivity index (χ1v) is 7.34. The SMILES string of the molecule is O=C(/C=C/c1ccccc1C(=O)NCCc1ccc(F)cc1)NO. The summed E-state index contributed by atoms with van der Waals surface area (Å²) in [5, 5.41) is 11.3. The van der Waals surface area contributed by atoms with Gasteiger partial charge in [0, 0.05) is 18.2 Å². The summed E-state index contributed by atoms with van der Waals surface area (Å²) in [6, 6.07) is 12.9. The van der Waals surface area contributed by atoms with E-state index in [1.165, 1.54) is 23.7 Å². The van der Waals surface area contributed by atoms with Crippen molar-refractivity contribution in [1.82, 2.24) is 10.8 Å². The van der Waals surface area contributed by atoms with Crippen molar-refractivity contribution in [2.24, 2.45) is 0 Å². The zero-order chi connectivity index (χ0) is 17.4. The van der Waals surface area contributed by atoms with Gasteiger partial charge in [0.25, 0.3) is 11.8 Å². The average molecular weight is 328 g/mol. The fourth-order valence-corrected chi connectivity index (χ4v) is 2.12. The lowest BCUT2D eigenvalue weighted by molar-refractivity contribution is -0.124. The quantitative estimate of drug-likeness (QED) is 0.433. The first-order chi connectivity index (χ1) is 11.6. The van der Waals surface area contributed by atoms with E-state index in [1.54, 1.807) is 36.4 Å². The maximum absolute atomic E-state index is 12.8. The van der Waals surface area contributed by atoms with Crippen LogP contribution in [0, 0.1) is 5.82 Å². The van der Waals surface area contributed by atoms with Crippen LogP contribution < -0.4 is 10.8 Å². The van der Waals surface area contributed by atoms with Gasteiger partial charge >= 0.3 is 0 Å². The molecule has 2 aromatic carbocycles. The molecule has 0 radical (unpaired) electrons. The molecule has 2 amide bonds. The molecular formula is C18H17FN2O3. The lowest BCUT2D eigenvalue weighted by Crippen LogP contribution is -2.26. The largest absolute Gasteiger partial charge is 0.352 e. The number of carbonyl (C=O) groups is 2. The molecule has 0 fully saturated rings. The first kappa shape index (κ1) is 17.4. The molecule has 0 saturated carbocycles. The van der Waals surface area contributed by atoms with Crippen LogP contribution in [0.4, 0.5) is 4.39 Å². The number of hydrogen-bond donors (Lipinski definition) is 3. The van der Waals surface area contributed by atoms with Gasteiger partial charge in [0.05, 0.1) is 0 Å². The van der Waals surface area contributed by atoms with Crippen LogP contribution in [0.1, 0.15) is 21.5 Å². The van der Waals surface area contributed by atoms with E-state index in [-0.39, 0.29) is 11.7 Å². The Bertz CT molecular complexity index is 742. The summed E-state index contributed by atoms with van der Waals surface area (Å²) < 4.78 is 12.8. The number of rotatable bonds is 6. The smallest absolute Gasteiger partial charge is 0.267 e. The molecule has 2 aromatic rings. The number of amides is 2. The number of hydrogen-bond acceptors (Lipinski definition) is 3. The van der Waals surface area contributed by atoms with Crippen molar-refractivity contribution in [1.29, 1.82) is 0 Å². The number of hydroxylamine groups is 1. The van der Waals surface area contributed by atoms with Gasteiger partial charge in [0.1, 0.15) is 5.82 Å². The topological polar surface area (TPSA) is 78.4 Å². The Morgan fingerprint density at radius 1 is 1.08 bits per heavy atom. The number of halogens is 1. The van der Waals surface area contributed by atoms with E-state index in [2.05, 4.69) is 5.32 Å². The second-order valence-electron chi connectivity index (χ2n) is 5.03. The predicted molar refractivity (Wildman–Crippen MR) is 87.8 cm³/mol. The number of carbonyl (C=O) groups excluding carboxylic acids is 2. The summed E-state index contributed by atoms with van der Waals surface area (Å²) in [7, 11) is 0. The standard InChI is InChI=1S/C18H17FN2O3/c19-15-8-5-13(6-9-15)11-12-20-18(23)16-4-2-1-3-14(16)7-10-17(22)21-24/h1-10,24H,11-12H2,(H,20,23)(H,21,22)/b10-7+. The minimum absolute atomic E-state index is 0.276. The fraction of sp³-hybridized carbons (Fsp3) is 0.111. The van der Waals surface area contributed by atoms with E-state index in [0.717, 1.165) is 11.6 Å². The van der Waals surface area contributed by atoms with Crippen LogP contribution in [0.25, 0.3) is 6.08 Å². The maximum Gasteiger partial charge on any atom is 0.267 e. The highest BCUT2D eigenvalue weighted by molar-refractivity contribution is 5.99. The molecule has 2 rings (SSSR count). The fourth-order valence-electron chi connectivity index (χ4n) is 2.12. The van der Waals surface area contributed by atoms with Crippen LogP contribution in [0.3, 0.4) is 0 Å². The maximum atomic E-state index is 12.8. The Hall–Kier alpha value is -2.99. The third kappa shape index (κ3) is 5.03. The molecule has 0 unspecified atom stereocenters. The van der Waals surface area contributed by atoms with Gasteiger partial charge in [-0.25, -0.2) is 9.87 Å². The van der Waals surface area contributed by atoms with Gasteiger partial charge in [-0.05, 0) is 41.8 Å². The van der Waals surface area contributed by atoms with Crippen LogP contribution in [-0.4, -0.2) is 23.6 Å². The van der Waals surface area contributed by atoms with Crippen molar-refractivity contribution in [3.05, 3.63) is 77.1 Å². The average Bonchev–Trinajstić information content (AvgIpc) is 2.61. The molecule has 24 heavy (non-hydrogen) atoms. The number of nitrogens with one attached hydrogen (secondary N) is 2. The highest BCUT2D eigenvalue weighted by atomic mass is 19.1. The molecular weight excluding hydrogens is 311 g/mol. The van der Waals surface area contributed by atoms with Gasteiger partial charge < -0.3 is 5.32 Å². The Balaban J connectivity index is 1.98. The van der Waals surface area contributed by atoms with Gasteiger partial charge in [-0.3, -0.25) is 14.8 Å². The van der Waals surface area contributed by atoms with Gasteiger partial charge in [0.15, 0.2) is 0 Å². The second-order valence-corrected chi connectivity index (χ2v) is 5.03. The Morgan fingerprint density at radius 2 is 1.79 bits per heavy atom. The van der Waals surface area contributed by atoms with Crippen LogP contribution in [0.2, 0.25) is 0 Å². The summed E-state index contributed by atoms with van der Waals surface area (Å²) in [5.41, 5.74) is 3.38. The summed E-state index contributed by atoms with van der Waals surface area (Å²) in [6.45, 7) is 0.402. The van der Waals surface area contributed by atoms with Gasteiger partial charge in [-0.2, -0.15) is 0 Å². The third-order valence-electron chi connectivity index (χ3n) is 3.34. The van der Waals surface area contributed by atoms with Crippen LogP contribution >= 0.6 is 0 Å². The first-order valence-electron chi connectivity index (χ1n) is 7.34. The second kappa shape index (κ2) is 8.59. The monoisotopic (exact) mass is 328 g/mol. The molecule has 0 spiro atoms. The van der Waals surface area contributed by atoms with Crippen LogP contribution in [-0.2, 0) is 11.2 Å². The van der Waals surface area contributed by atoms with Crippen LogP contribution in [0.5, 0.6) is 0 Å². The predicted octanol–water partition coefficient (Wildman–Crippen LogP) is 2.32. The molecule has 0 heterocycles. The van der Waals surface area contributed by atoms with Crippen molar-refractivity contribution in [3.63, 3.8) is 0 Å². The lowest BCUT2D eigenvalue weighted by Gasteiger charge is -2.08. The van der Waals surface area contributed by atoms with E-state index in [9.17, 15) is 14.0 Å². The molecule has 0 aliphatic rings. The minimum Gasteiger partial charge on any atom is -0.352 e. The van der Waals surface area contributed by atoms with E-state index < -0.39 is 5.91 Å². The zero-order valence-electron chi connectivity index (χ0n) is 12.8. The van der Waals surface area contributed by atoms with Gasteiger partial charge in [-0.15, -0.1) is 0 Å². The minimum atomic E-state index is -0.679. The Morgan fingerprint density at radius 3 is 2.50 bits per heavy atom. The molecule has 0 aromatic heterocycles.